The van der Waals surface area contributed by atoms with Gasteiger partial charge < -0.3 is 9.80 Å². The number of aryl methyl sites for hydroxylation is 2. The molecular weight excluding hydrogens is 300 g/mol. The van der Waals surface area contributed by atoms with Crippen LogP contribution in [0.2, 0.25) is 0 Å². The first-order valence-electron chi connectivity index (χ1n) is 7.36. The van der Waals surface area contributed by atoms with Crippen LogP contribution in [-0.2, 0) is 7.05 Å². The van der Waals surface area contributed by atoms with Crippen molar-refractivity contribution >= 4 is 22.6 Å². The monoisotopic (exact) mass is 320 g/mol. The van der Waals surface area contributed by atoms with Crippen molar-refractivity contribution in [3.8, 4) is 0 Å². The molecule has 0 N–H and O–H groups in total. The third kappa shape index (κ3) is 2.96. The van der Waals surface area contributed by atoms with E-state index in [4.69, 9.17) is 0 Å². The van der Waals surface area contributed by atoms with Crippen LogP contribution in [0.3, 0.4) is 0 Å². The van der Waals surface area contributed by atoms with E-state index in [1.54, 1.807) is 16.9 Å². The van der Waals surface area contributed by atoms with Crippen LogP contribution in [0.15, 0.2) is 12.3 Å². The molecule has 3 rings (SSSR count). The zero-order chi connectivity index (χ0) is 15.7. The van der Waals surface area contributed by atoms with Gasteiger partial charge in [-0.1, -0.05) is 0 Å². The first-order chi connectivity index (χ1) is 10.5. The van der Waals surface area contributed by atoms with E-state index in [0.29, 0.717) is 5.69 Å². The molecule has 118 valence electrons. The van der Waals surface area contributed by atoms with Crippen LogP contribution in [0.5, 0.6) is 0 Å². The van der Waals surface area contributed by atoms with E-state index >= 15 is 0 Å². The molecule has 1 amide bonds. The van der Waals surface area contributed by atoms with Gasteiger partial charge in [0.05, 0.1) is 0 Å². The Bertz CT molecular complexity index is 658. The Balaban J connectivity index is 1.60. The van der Waals surface area contributed by atoms with E-state index < -0.39 is 0 Å². The number of hydrogen-bond donors (Lipinski definition) is 0. The molecule has 1 aliphatic rings. The molecule has 1 aliphatic heterocycles. The van der Waals surface area contributed by atoms with Crippen LogP contribution in [0, 0.1) is 6.92 Å². The second kappa shape index (κ2) is 6.04. The average molecular weight is 320 g/mol. The first-order valence-corrected chi connectivity index (χ1v) is 8.14. The van der Waals surface area contributed by atoms with Crippen molar-refractivity contribution < 1.29 is 4.79 Å². The number of anilines is 1. The van der Waals surface area contributed by atoms with Gasteiger partial charge in [-0.05, 0) is 25.8 Å². The van der Waals surface area contributed by atoms with Crippen LogP contribution in [0.1, 0.15) is 29.2 Å². The van der Waals surface area contributed by atoms with Crippen LogP contribution in [-0.4, -0.2) is 56.1 Å². The van der Waals surface area contributed by atoms with Gasteiger partial charge in [0.25, 0.3) is 5.91 Å². The second-order valence-electron chi connectivity index (χ2n) is 5.63. The molecule has 0 atom stereocenters. The number of nitrogens with zero attached hydrogens (tertiary/aromatic N) is 6. The third-order valence-corrected chi connectivity index (χ3v) is 4.92. The molecule has 7 nitrogen and oxygen atoms in total. The van der Waals surface area contributed by atoms with Gasteiger partial charge in [0, 0.05) is 51.0 Å². The number of carbonyl (C=O) groups excluding carboxylic acids is 1. The van der Waals surface area contributed by atoms with E-state index in [-0.39, 0.29) is 11.9 Å². The van der Waals surface area contributed by atoms with Gasteiger partial charge in [0.15, 0.2) is 0 Å². The molecule has 0 unspecified atom stereocenters. The van der Waals surface area contributed by atoms with E-state index in [9.17, 15) is 4.79 Å². The lowest BCUT2D eigenvalue weighted by molar-refractivity contribution is 0.0702. The van der Waals surface area contributed by atoms with E-state index in [0.717, 1.165) is 36.9 Å². The standard InChI is InChI=1S/C14H20N6OS/c1-10-15-14(22-17-10)20-8-4-11(5-9-20)19(3)13(21)12-6-7-18(2)16-12/h6-7,11H,4-5,8-9H2,1-3H3. The highest BCUT2D eigenvalue weighted by Crippen LogP contribution is 2.24. The third-order valence-electron chi connectivity index (χ3n) is 4.05. The number of piperidine rings is 1. The number of aromatic nitrogens is 4. The van der Waals surface area contributed by atoms with Gasteiger partial charge in [-0.25, -0.2) is 4.98 Å². The molecule has 0 radical (unpaired) electrons. The Morgan fingerprint density at radius 3 is 2.68 bits per heavy atom. The highest BCUT2D eigenvalue weighted by atomic mass is 32.1. The topological polar surface area (TPSA) is 67.2 Å². The largest absolute Gasteiger partial charge is 0.347 e. The summed E-state index contributed by atoms with van der Waals surface area (Å²) in [4.78, 5) is 20.9. The summed E-state index contributed by atoms with van der Waals surface area (Å²) in [7, 11) is 3.69. The maximum Gasteiger partial charge on any atom is 0.274 e. The molecule has 2 aromatic rings. The summed E-state index contributed by atoms with van der Waals surface area (Å²) in [5.41, 5.74) is 0.507. The van der Waals surface area contributed by atoms with Crippen molar-refractivity contribution in [3.63, 3.8) is 0 Å². The van der Waals surface area contributed by atoms with Crippen LogP contribution >= 0.6 is 11.5 Å². The Morgan fingerprint density at radius 1 is 1.41 bits per heavy atom. The summed E-state index contributed by atoms with van der Waals surface area (Å²) in [5, 5.41) is 5.17. The molecule has 0 saturated carbocycles. The minimum atomic E-state index is -0.00851. The normalized spacial score (nSPS) is 16.0. The number of hydrogen-bond acceptors (Lipinski definition) is 6. The molecule has 0 bridgehead atoms. The molecule has 2 aromatic heterocycles. The molecule has 0 aromatic carbocycles. The minimum absolute atomic E-state index is 0.00851. The van der Waals surface area contributed by atoms with Gasteiger partial charge >= 0.3 is 0 Å². The van der Waals surface area contributed by atoms with Crippen molar-refractivity contribution in [3.05, 3.63) is 23.8 Å². The van der Waals surface area contributed by atoms with Crippen LogP contribution < -0.4 is 4.90 Å². The van der Waals surface area contributed by atoms with E-state index in [1.165, 1.54) is 11.5 Å². The smallest absolute Gasteiger partial charge is 0.274 e. The Kier molecular flexibility index (Phi) is 4.10. The van der Waals surface area contributed by atoms with Crippen molar-refractivity contribution in [1.29, 1.82) is 0 Å². The maximum absolute atomic E-state index is 12.4. The predicted molar refractivity (Wildman–Crippen MR) is 85.2 cm³/mol. The average Bonchev–Trinajstić information content (AvgIpc) is 3.14. The van der Waals surface area contributed by atoms with Crippen molar-refractivity contribution in [2.75, 3.05) is 25.0 Å². The van der Waals surface area contributed by atoms with Gasteiger partial charge in [0.2, 0.25) is 5.13 Å². The molecule has 1 fully saturated rings. The lowest BCUT2D eigenvalue weighted by Crippen LogP contribution is -2.45. The maximum atomic E-state index is 12.4. The quantitative estimate of drug-likeness (QED) is 0.853. The fraction of sp³-hybridized carbons (Fsp3) is 0.571. The first kappa shape index (κ1) is 15.0. The number of carbonyl (C=O) groups is 1. The Hall–Kier alpha value is -1.96. The molecule has 3 heterocycles. The zero-order valence-corrected chi connectivity index (χ0v) is 13.9. The molecule has 0 aliphatic carbocycles. The van der Waals surface area contributed by atoms with Crippen LogP contribution in [0.25, 0.3) is 0 Å². The van der Waals surface area contributed by atoms with Gasteiger partial charge in [-0.15, -0.1) is 0 Å². The molecule has 8 heteroatoms. The zero-order valence-electron chi connectivity index (χ0n) is 13.1. The number of rotatable bonds is 3. The fourth-order valence-electron chi connectivity index (χ4n) is 2.73. The summed E-state index contributed by atoms with van der Waals surface area (Å²) in [6.07, 6.45) is 3.67. The summed E-state index contributed by atoms with van der Waals surface area (Å²) in [6, 6.07) is 2.01. The second-order valence-corrected chi connectivity index (χ2v) is 6.36. The van der Waals surface area contributed by atoms with Crippen molar-refractivity contribution in [1.82, 2.24) is 24.0 Å². The van der Waals surface area contributed by atoms with Crippen LogP contribution in [0.4, 0.5) is 5.13 Å². The SMILES string of the molecule is Cc1nsc(N2CCC(N(C)C(=O)c3ccn(C)n3)CC2)n1. The molecular formula is C14H20N6OS. The Labute approximate surface area is 133 Å². The summed E-state index contributed by atoms with van der Waals surface area (Å²) >= 11 is 1.44. The van der Waals surface area contributed by atoms with Gasteiger partial charge in [0.1, 0.15) is 11.5 Å². The highest BCUT2D eigenvalue weighted by molar-refractivity contribution is 7.09. The number of amides is 1. The van der Waals surface area contributed by atoms with Crippen molar-refractivity contribution in [2.45, 2.75) is 25.8 Å². The minimum Gasteiger partial charge on any atom is -0.347 e. The van der Waals surface area contributed by atoms with E-state index in [1.807, 2.05) is 25.9 Å². The van der Waals surface area contributed by atoms with Gasteiger partial charge in [-0.3, -0.25) is 9.48 Å². The molecule has 1 saturated heterocycles. The summed E-state index contributed by atoms with van der Waals surface area (Å²) in [5.74, 6) is 0.815. The summed E-state index contributed by atoms with van der Waals surface area (Å²) < 4.78 is 5.88. The van der Waals surface area contributed by atoms with Gasteiger partial charge in [-0.2, -0.15) is 9.47 Å². The predicted octanol–water partition coefficient (Wildman–Crippen LogP) is 1.32. The highest BCUT2D eigenvalue weighted by Gasteiger charge is 2.28. The fourth-order valence-corrected chi connectivity index (χ4v) is 3.46. The van der Waals surface area contributed by atoms with E-state index in [2.05, 4.69) is 19.4 Å². The summed E-state index contributed by atoms with van der Waals surface area (Å²) in [6.45, 7) is 3.71. The molecule has 0 spiro atoms. The molecule has 22 heavy (non-hydrogen) atoms. The van der Waals surface area contributed by atoms with Crippen molar-refractivity contribution in [2.24, 2.45) is 7.05 Å². The lowest BCUT2D eigenvalue weighted by atomic mass is 10.0. The lowest BCUT2D eigenvalue weighted by Gasteiger charge is -2.36. The Morgan fingerprint density at radius 2 is 2.14 bits per heavy atom.